The molecule has 1 aromatic heterocycles. The second-order valence-corrected chi connectivity index (χ2v) is 8.27. The fraction of sp³-hybridized carbons (Fsp3) is 0.455. The number of piperidine rings is 1. The largest absolute Gasteiger partial charge is 0.371 e. The van der Waals surface area contributed by atoms with Crippen molar-refractivity contribution in [3.63, 3.8) is 0 Å². The van der Waals surface area contributed by atoms with E-state index < -0.39 is 12.7 Å². The van der Waals surface area contributed by atoms with Crippen LogP contribution in [-0.4, -0.2) is 55.7 Å². The van der Waals surface area contributed by atoms with Crippen molar-refractivity contribution >= 4 is 23.0 Å². The van der Waals surface area contributed by atoms with E-state index in [2.05, 4.69) is 21.7 Å². The normalized spacial score (nSPS) is 17.0. The lowest BCUT2D eigenvalue weighted by molar-refractivity contribution is -0.132. The Labute approximate surface area is 184 Å². The maximum absolute atomic E-state index is 12.7. The number of benzene rings is 1. The van der Waals surface area contributed by atoms with Gasteiger partial charge >= 0.3 is 0 Å². The topological polar surface area (TPSA) is 104 Å². The maximum atomic E-state index is 12.7. The van der Waals surface area contributed by atoms with E-state index in [9.17, 15) is 14.0 Å². The zero-order valence-corrected chi connectivity index (χ0v) is 17.9. The molecule has 1 aliphatic heterocycles. The molecule has 0 bridgehead atoms. The molecule has 1 aliphatic rings. The highest BCUT2D eigenvalue weighted by atomic mass is 32.1. The van der Waals surface area contributed by atoms with Gasteiger partial charge in [0.15, 0.2) is 5.78 Å². The van der Waals surface area contributed by atoms with Gasteiger partial charge in [0.1, 0.15) is 13.3 Å². The summed E-state index contributed by atoms with van der Waals surface area (Å²) < 4.78 is 17.4. The van der Waals surface area contributed by atoms with Crippen LogP contribution in [0.1, 0.15) is 23.4 Å². The summed E-state index contributed by atoms with van der Waals surface area (Å²) in [7, 11) is 0. The third-order valence-electron chi connectivity index (χ3n) is 5.08. The molecule has 1 fully saturated rings. The lowest BCUT2D eigenvalue weighted by Gasteiger charge is -2.24. The molecule has 1 saturated heterocycles. The Hall–Kier alpha value is -2.67. The van der Waals surface area contributed by atoms with Crippen LogP contribution < -0.4 is 10.6 Å². The van der Waals surface area contributed by atoms with Gasteiger partial charge in [-0.15, -0.1) is 11.3 Å². The number of nitriles is 1. The molecular formula is C22H25FN4O3S. The van der Waals surface area contributed by atoms with Crippen molar-refractivity contribution in [2.24, 2.45) is 5.92 Å². The Morgan fingerprint density at radius 1 is 1.39 bits per heavy atom. The number of amides is 1. The van der Waals surface area contributed by atoms with Crippen LogP contribution in [0.3, 0.4) is 0 Å². The number of ketones is 1. The van der Waals surface area contributed by atoms with E-state index in [1.54, 1.807) is 12.1 Å². The van der Waals surface area contributed by atoms with Crippen LogP contribution in [0.5, 0.6) is 0 Å². The molecule has 9 heteroatoms. The van der Waals surface area contributed by atoms with E-state index in [1.165, 1.54) is 11.3 Å². The maximum Gasteiger partial charge on any atom is 0.224 e. The van der Waals surface area contributed by atoms with E-state index in [0.29, 0.717) is 17.1 Å². The SMILES string of the molecule is N#Cc1ccc(-c2csc(CC(NC(=O)C3CCCNC3)C(=O)COCCF)n2)cc1. The Morgan fingerprint density at radius 3 is 2.87 bits per heavy atom. The fourth-order valence-corrected chi connectivity index (χ4v) is 4.22. The summed E-state index contributed by atoms with van der Waals surface area (Å²) in [5.41, 5.74) is 2.18. The predicted molar refractivity (Wildman–Crippen MR) is 115 cm³/mol. The average molecular weight is 445 g/mol. The summed E-state index contributed by atoms with van der Waals surface area (Å²) in [4.78, 5) is 29.9. The molecule has 1 aromatic carbocycles. The summed E-state index contributed by atoms with van der Waals surface area (Å²) >= 11 is 1.40. The van der Waals surface area contributed by atoms with Gasteiger partial charge < -0.3 is 15.4 Å². The quantitative estimate of drug-likeness (QED) is 0.545. The van der Waals surface area contributed by atoms with Gasteiger partial charge in [0.2, 0.25) is 5.91 Å². The molecule has 2 aromatic rings. The molecule has 2 N–H and O–H groups in total. The van der Waals surface area contributed by atoms with Crippen molar-refractivity contribution in [1.82, 2.24) is 15.6 Å². The number of halogens is 1. The van der Waals surface area contributed by atoms with Crippen LogP contribution in [0.4, 0.5) is 4.39 Å². The first kappa shape index (κ1) is 23.0. The number of rotatable bonds is 10. The average Bonchev–Trinajstić information content (AvgIpc) is 3.28. The summed E-state index contributed by atoms with van der Waals surface area (Å²) in [6.45, 7) is 0.398. The van der Waals surface area contributed by atoms with Gasteiger partial charge in [0.05, 0.1) is 40.9 Å². The molecular weight excluding hydrogens is 419 g/mol. The smallest absolute Gasteiger partial charge is 0.224 e. The molecule has 2 unspecified atom stereocenters. The minimum Gasteiger partial charge on any atom is -0.371 e. The lowest BCUT2D eigenvalue weighted by Crippen LogP contribution is -2.49. The van der Waals surface area contributed by atoms with Gasteiger partial charge in [-0.05, 0) is 31.5 Å². The van der Waals surface area contributed by atoms with Crippen molar-refractivity contribution < 1.29 is 18.7 Å². The van der Waals surface area contributed by atoms with Crippen LogP contribution >= 0.6 is 11.3 Å². The first-order valence-electron chi connectivity index (χ1n) is 10.2. The van der Waals surface area contributed by atoms with Crippen LogP contribution in [0.15, 0.2) is 29.6 Å². The van der Waals surface area contributed by atoms with Crippen molar-refractivity contribution in [2.45, 2.75) is 25.3 Å². The van der Waals surface area contributed by atoms with E-state index in [4.69, 9.17) is 10.00 Å². The molecule has 0 aliphatic carbocycles. The van der Waals surface area contributed by atoms with Gasteiger partial charge in [-0.2, -0.15) is 5.26 Å². The summed E-state index contributed by atoms with van der Waals surface area (Å²) in [5, 5.41) is 17.6. The molecule has 0 spiro atoms. The molecule has 164 valence electrons. The number of carbonyl (C=O) groups excluding carboxylic acids is 2. The van der Waals surface area contributed by atoms with Crippen LogP contribution in [-0.2, 0) is 20.7 Å². The molecule has 2 heterocycles. The highest BCUT2D eigenvalue weighted by Gasteiger charge is 2.27. The summed E-state index contributed by atoms with van der Waals surface area (Å²) in [6, 6.07) is 8.39. The molecule has 31 heavy (non-hydrogen) atoms. The highest BCUT2D eigenvalue weighted by molar-refractivity contribution is 7.10. The number of nitrogens with one attached hydrogen (secondary N) is 2. The fourth-order valence-electron chi connectivity index (χ4n) is 3.37. The van der Waals surface area contributed by atoms with Gasteiger partial charge in [0.25, 0.3) is 0 Å². The molecule has 1 amide bonds. The summed E-state index contributed by atoms with van der Waals surface area (Å²) in [5.74, 6) is -0.651. The Kier molecular flexibility index (Phi) is 8.64. The van der Waals surface area contributed by atoms with Gasteiger partial charge in [-0.25, -0.2) is 9.37 Å². The number of ether oxygens (including phenoxy) is 1. The number of hydrogen-bond acceptors (Lipinski definition) is 7. The zero-order valence-electron chi connectivity index (χ0n) is 17.1. The van der Waals surface area contributed by atoms with Crippen LogP contribution in [0.2, 0.25) is 0 Å². The minimum atomic E-state index is -0.783. The Bertz CT molecular complexity index is 920. The van der Waals surface area contributed by atoms with Gasteiger partial charge in [-0.1, -0.05) is 12.1 Å². The number of thiazole rings is 1. The van der Waals surface area contributed by atoms with Crippen molar-refractivity contribution in [3.8, 4) is 17.3 Å². The molecule has 2 atom stereocenters. The first-order chi connectivity index (χ1) is 15.1. The predicted octanol–water partition coefficient (Wildman–Crippen LogP) is 2.26. The number of nitrogens with zero attached hydrogens (tertiary/aromatic N) is 2. The molecule has 0 radical (unpaired) electrons. The van der Waals surface area contributed by atoms with E-state index in [1.807, 2.05) is 17.5 Å². The van der Waals surface area contributed by atoms with Gasteiger partial charge in [-0.3, -0.25) is 9.59 Å². The number of alkyl halides is 1. The Morgan fingerprint density at radius 2 is 2.19 bits per heavy atom. The van der Waals surface area contributed by atoms with E-state index in [0.717, 1.165) is 30.6 Å². The number of Topliss-reactive ketones (excluding diaryl/α,β-unsaturated/α-hetero) is 1. The Balaban J connectivity index is 1.69. The van der Waals surface area contributed by atoms with Crippen molar-refractivity contribution in [3.05, 3.63) is 40.2 Å². The highest BCUT2D eigenvalue weighted by Crippen LogP contribution is 2.23. The third-order valence-corrected chi connectivity index (χ3v) is 5.95. The lowest BCUT2D eigenvalue weighted by atomic mass is 9.98. The van der Waals surface area contributed by atoms with Crippen molar-refractivity contribution in [2.75, 3.05) is 33.0 Å². The second kappa shape index (κ2) is 11.6. The number of carbonyl (C=O) groups is 2. The third kappa shape index (κ3) is 6.66. The van der Waals surface area contributed by atoms with Gasteiger partial charge in [0, 0.05) is 23.9 Å². The van der Waals surface area contributed by atoms with E-state index >= 15 is 0 Å². The second-order valence-electron chi connectivity index (χ2n) is 7.33. The molecule has 7 nitrogen and oxygen atoms in total. The zero-order chi connectivity index (χ0) is 22.1. The van der Waals surface area contributed by atoms with Crippen molar-refractivity contribution in [1.29, 1.82) is 5.26 Å². The minimum absolute atomic E-state index is 0.154. The number of aromatic nitrogens is 1. The van der Waals surface area contributed by atoms with E-state index in [-0.39, 0.29) is 37.2 Å². The van der Waals surface area contributed by atoms with Crippen LogP contribution in [0.25, 0.3) is 11.3 Å². The standard InChI is InChI=1S/C22H25FN4O3S/c23-7-9-30-13-20(28)18(27-22(29)17-2-1-8-25-12-17)10-21-26-19(14-31-21)16-5-3-15(11-24)4-6-16/h3-6,14,17-18,25H,1-2,7-10,12-13H2,(H,27,29). The monoisotopic (exact) mass is 444 g/mol. The molecule has 0 saturated carbocycles. The van der Waals surface area contributed by atoms with Crippen LogP contribution in [0, 0.1) is 17.2 Å². The first-order valence-corrected chi connectivity index (χ1v) is 11.1. The summed E-state index contributed by atoms with van der Waals surface area (Å²) in [6.07, 6.45) is 1.93. The number of hydrogen-bond donors (Lipinski definition) is 2. The molecule has 3 rings (SSSR count).